The first-order valence-electron chi connectivity index (χ1n) is 6.28. The molecular weight excluding hydrogens is 260 g/mol. The highest BCUT2D eigenvalue weighted by Gasteiger charge is 2.03. The maximum atomic E-state index is 11.5. The summed E-state index contributed by atoms with van der Waals surface area (Å²) in [5.41, 5.74) is 6.27. The topological polar surface area (TPSA) is 64.3 Å². The zero-order valence-corrected chi connectivity index (χ0v) is 12.1. The van der Waals surface area contributed by atoms with E-state index in [-0.39, 0.29) is 12.5 Å². The van der Waals surface area contributed by atoms with E-state index >= 15 is 0 Å². The first-order valence-corrected chi connectivity index (χ1v) is 6.69. The van der Waals surface area contributed by atoms with Gasteiger partial charge in [-0.05, 0) is 36.6 Å². The lowest BCUT2D eigenvalue weighted by atomic mass is 10.1. The molecule has 0 saturated heterocycles. The summed E-state index contributed by atoms with van der Waals surface area (Å²) < 4.78 is 5.36. The standard InChI is InChI=1S/C14H20N2O2S/c1-10(2)7-8-16-13(17)9-18-12-5-3-11(4-6-12)14(15)19/h3-6,10H,7-9H2,1-2H3,(H2,15,19)(H,16,17). The van der Waals surface area contributed by atoms with Crippen LogP contribution in [0, 0.1) is 5.92 Å². The van der Waals surface area contributed by atoms with E-state index in [0.717, 1.165) is 12.0 Å². The van der Waals surface area contributed by atoms with Gasteiger partial charge < -0.3 is 15.8 Å². The average molecular weight is 280 g/mol. The minimum absolute atomic E-state index is 0.0184. The number of carbonyl (C=O) groups excluding carboxylic acids is 1. The van der Waals surface area contributed by atoms with Gasteiger partial charge >= 0.3 is 0 Å². The molecule has 0 fully saturated rings. The van der Waals surface area contributed by atoms with E-state index in [2.05, 4.69) is 19.2 Å². The van der Waals surface area contributed by atoms with Crippen LogP contribution in [-0.2, 0) is 4.79 Å². The van der Waals surface area contributed by atoms with Crippen molar-refractivity contribution in [3.8, 4) is 5.75 Å². The number of amides is 1. The Hall–Kier alpha value is -1.62. The van der Waals surface area contributed by atoms with E-state index < -0.39 is 0 Å². The van der Waals surface area contributed by atoms with Gasteiger partial charge in [0.1, 0.15) is 10.7 Å². The molecule has 1 aromatic rings. The number of hydrogen-bond acceptors (Lipinski definition) is 3. The molecule has 0 saturated carbocycles. The van der Waals surface area contributed by atoms with Crippen molar-refractivity contribution < 1.29 is 9.53 Å². The first-order chi connectivity index (χ1) is 8.99. The number of nitrogens with two attached hydrogens (primary N) is 1. The second kappa shape index (κ2) is 7.74. The molecule has 0 atom stereocenters. The van der Waals surface area contributed by atoms with Crippen molar-refractivity contribution in [2.75, 3.05) is 13.2 Å². The van der Waals surface area contributed by atoms with Crippen molar-refractivity contribution in [1.82, 2.24) is 5.32 Å². The van der Waals surface area contributed by atoms with Crippen molar-refractivity contribution in [2.24, 2.45) is 11.7 Å². The number of ether oxygens (including phenoxy) is 1. The maximum Gasteiger partial charge on any atom is 0.257 e. The molecular formula is C14H20N2O2S. The Morgan fingerprint density at radius 2 is 2.00 bits per heavy atom. The quantitative estimate of drug-likeness (QED) is 0.748. The largest absolute Gasteiger partial charge is 0.484 e. The van der Waals surface area contributed by atoms with E-state index in [1.165, 1.54) is 0 Å². The van der Waals surface area contributed by atoms with E-state index in [1.54, 1.807) is 24.3 Å². The Morgan fingerprint density at radius 1 is 1.37 bits per heavy atom. The van der Waals surface area contributed by atoms with Crippen molar-refractivity contribution in [2.45, 2.75) is 20.3 Å². The van der Waals surface area contributed by atoms with E-state index in [1.807, 2.05) is 0 Å². The molecule has 4 nitrogen and oxygen atoms in total. The van der Waals surface area contributed by atoms with Crippen LogP contribution < -0.4 is 15.8 Å². The molecule has 1 rings (SSSR count). The fraction of sp³-hybridized carbons (Fsp3) is 0.429. The molecule has 0 aliphatic carbocycles. The summed E-state index contributed by atoms with van der Waals surface area (Å²) in [7, 11) is 0. The van der Waals surface area contributed by atoms with E-state index in [4.69, 9.17) is 22.7 Å². The summed E-state index contributed by atoms with van der Waals surface area (Å²) in [6, 6.07) is 7.04. The van der Waals surface area contributed by atoms with Crippen molar-refractivity contribution in [3.63, 3.8) is 0 Å². The van der Waals surface area contributed by atoms with Crippen LogP contribution in [0.1, 0.15) is 25.8 Å². The van der Waals surface area contributed by atoms with Crippen LogP contribution in [-0.4, -0.2) is 24.0 Å². The molecule has 0 aromatic heterocycles. The molecule has 0 aliphatic heterocycles. The number of thiocarbonyl (C=S) groups is 1. The molecule has 5 heteroatoms. The van der Waals surface area contributed by atoms with Gasteiger partial charge in [-0.1, -0.05) is 26.1 Å². The number of nitrogens with one attached hydrogen (secondary N) is 1. The highest BCUT2D eigenvalue weighted by atomic mass is 32.1. The third-order valence-corrected chi connectivity index (χ3v) is 2.79. The third kappa shape index (κ3) is 6.20. The number of rotatable bonds is 7. The molecule has 0 aliphatic rings. The van der Waals surface area contributed by atoms with Gasteiger partial charge in [-0.3, -0.25) is 4.79 Å². The predicted molar refractivity (Wildman–Crippen MR) is 80.3 cm³/mol. The monoisotopic (exact) mass is 280 g/mol. The number of benzene rings is 1. The molecule has 19 heavy (non-hydrogen) atoms. The fourth-order valence-electron chi connectivity index (χ4n) is 1.42. The summed E-state index contributed by atoms with van der Waals surface area (Å²) in [6.45, 7) is 4.93. The summed E-state index contributed by atoms with van der Waals surface area (Å²) in [6.07, 6.45) is 0.967. The minimum Gasteiger partial charge on any atom is -0.484 e. The molecule has 0 radical (unpaired) electrons. The summed E-state index contributed by atoms with van der Waals surface area (Å²) in [5, 5.41) is 2.81. The van der Waals surface area contributed by atoms with E-state index in [0.29, 0.717) is 23.2 Å². The van der Waals surface area contributed by atoms with Gasteiger partial charge in [0, 0.05) is 12.1 Å². The molecule has 0 bridgehead atoms. The Labute approximate surface area is 119 Å². The lowest BCUT2D eigenvalue weighted by Gasteiger charge is -2.09. The lowest BCUT2D eigenvalue weighted by Crippen LogP contribution is -2.30. The molecule has 1 aromatic carbocycles. The van der Waals surface area contributed by atoms with Crippen molar-refractivity contribution >= 4 is 23.1 Å². The number of carbonyl (C=O) groups is 1. The summed E-state index contributed by atoms with van der Waals surface area (Å²) in [5.74, 6) is 1.09. The fourth-order valence-corrected chi connectivity index (χ4v) is 1.55. The van der Waals surface area contributed by atoms with Gasteiger partial charge in [0.25, 0.3) is 5.91 Å². The lowest BCUT2D eigenvalue weighted by molar-refractivity contribution is -0.123. The van der Waals surface area contributed by atoms with E-state index in [9.17, 15) is 4.79 Å². The third-order valence-electron chi connectivity index (χ3n) is 2.55. The van der Waals surface area contributed by atoms with Gasteiger partial charge in [0.05, 0.1) is 0 Å². The van der Waals surface area contributed by atoms with Crippen LogP contribution >= 0.6 is 12.2 Å². The van der Waals surface area contributed by atoms with Gasteiger partial charge in [-0.15, -0.1) is 0 Å². The predicted octanol–water partition coefficient (Wildman–Crippen LogP) is 1.86. The summed E-state index contributed by atoms with van der Waals surface area (Å²) in [4.78, 5) is 11.8. The summed E-state index contributed by atoms with van der Waals surface area (Å²) >= 11 is 4.85. The highest BCUT2D eigenvalue weighted by molar-refractivity contribution is 7.80. The molecule has 104 valence electrons. The van der Waals surface area contributed by atoms with Gasteiger partial charge in [0.2, 0.25) is 0 Å². The van der Waals surface area contributed by atoms with Crippen LogP contribution in [0.3, 0.4) is 0 Å². The van der Waals surface area contributed by atoms with Crippen LogP contribution in [0.5, 0.6) is 5.75 Å². The van der Waals surface area contributed by atoms with Crippen LogP contribution in [0.15, 0.2) is 24.3 Å². The van der Waals surface area contributed by atoms with Gasteiger partial charge in [0.15, 0.2) is 6.61 Å². The van der Waals surface area contributed by atoms with Gasteiger partial charge in [-0.25, -0.2) is 0 Å². The Balaban J connectivity index is 2.32. The average Bonchev–Trinajstić information content (AvgIpc) is 2.36. The second-order valence-corrected chi connectivity index (χ2v) is 5.15. The van der Waals surface area contributed by atoms with Crippen molar-refractivity contribution in [1.29, 1.82) is 0 Å². The molecule has 0 spiro atoms. The Kier molecular flexibility index (Phi) is 6.29. The smallest absolute Gasteiger partial charge is 0.257 e. The Bertz CT molecular complexity index is 430. The number of hydrogen-bond donors (Lipinski definition) is 2. The highest BCUT2D eigenvalue weighted by Crippen LogP contribution is 2.11. The molecule has 1 amide bonds. The maximum absolute atomic E-state index is 11.5. The zero-order valence-electron chi connectivity index (χ0n) is 11.3. The first kappa shape index (κ1) is 15.4. The Morgan fingerprint density at radius 3 is 2.53 bits per heavy atom. The second-order valence-electron chi connectivity index (χ2n) is 4.71. The van der Waals surface area contributed by atoms with Crippen LogP contribution in [0.2, 0.25) is 0 Å². The van der Waals surface area contributed by atoms with Crippen LogP contribution in [0.25, 0.3) is 0 Å². The van der Waals surface area contributed by atoms with Gasteiger partial charge in [-0.2, -0.15) is 0 Å². The molecule has 3 N–H and O–H groups in total. The van der Waals surface area contributed by atoms with Crippen LogP contribution in [0.4, 0.5) is 0 Å². The SMILES string of the molecule is CC(C)CCNC(=O)COc1ccc(C(N)=S)cc1. The molecule has 0 heterocycles. The minimum atomic E-state index is -0.112. The van der Waals surface area contributed by atoms with Crippen molar-refractivity contribution in [3.05, 3.63) is 29.8 Å². The normalized spacial score (nSPS) is 10.3. The zero-order chi connectivity index (χ0) is 14.3. The molecule has 0 unspecified atom stereocenters.